The predicted molar refractivity (Wildman–Crippen MR) is 44.5 cm³/mol. The molecule has 0 aromatic heterocycles. The molecule has 0 radical (unpaired) electrons. The third kappa shape index (κ3) is 9.31. The molecule has 0 aliphatic carbocycles. The zero-order chi connectivity index (χ0) is 11.6. The first kappa shape index (κ1) is 17.8. The van der Waals surface area contributed by atoms with Crippen LogP contribution in [0.3, 0.4) is 0 Å². The Labute approximate surface area is 83.4 Å². The minimum absolute atomic E-state index is 0. The standard InChI is InChI=1S/CH7O10P3.H2O/c1-9-13(5,6)11-14(7,8)10-12(2,3)4;/h1H3,(H,5,6)(H,7,8)(H2,2,3,4);1H2. The second-order valence-corrected chi connectivity index (χ2v) is 6.30. The minimum Gasteiger partial charge on any atom is -0.412 e. The fraction of sp³-hybridized carbons (Fsp3) is 1.00. The second-order valence-electron chi connectivity index (χ2n) is 1.77. The van der Waals surface area contributed by atoms with Crippen LogP contribution < -0.4 is 0 Å². The van der Waals surface area contributed by atoms with Crippen molar-refractivity contribution in [1.82, 2.24) is 0 Å². The average molecular weight is 290 g/mol. The van der Waals surface area contributed by atoms with Crippen LogP contribution in [-0.4, -0.2) is 32.2 Å². The molecule has 15 heavy (non-hydrogen) atoms. The number of hydrogen-bond acceptors (Lipinski definition) is 6. The first-order valence-corrected chi connectivity index (χ1v) is 7.19. The van der Waals surface area contributed by atoms with Gasteiger partial charge in [-0.1, -0.05) is 0 Å². The number of rotatable bonds is 5. The van der Waals surface area contributed by atoms with Crippen LogP contribution in [0.5, 0.6) is 0 Å². The molecular formula is CH9O11P3. The summed E-state index contributed by atoms with van der Waals surface area (Å²) in [6.45, 7) is 0. The molecule has 0 saturated carbocycles. The Morgan fingerprint density at radius 1 is 0.867 bits per heavy atom. The van der Waals surface area contributed by atoms with Gasteiger partial charge in [-0.2, -0.15) is 8.62 Å². The van der Waals surface area contributed by atoms with Gasteiger partial charge in [0.15, 0.2) is 0 Å². The third-order valence-electron chi connectivity index (χ3n) is 0.647. The van der Waals surface area contributed by atoms with Gasteiger partial charge in [0.05, 0.1) is 0 Å². The molecule has 0 saturated heterocycles. The van der Waals surface area contributed by atoms with Crippen molar-refractivity contribution in [3.8, 4) is 0 Å². The zero-order valence-corrected chi connectivity index (χ0v) is 9.76. The van der Waals surface area contributed by atoms with Gasteiger partial charge in [0.2, 0.25) is 0 Å². The van der Waals surface area contributed by atoms with Gasteiger partial charge in [-0.15, -0.1) is 0 Å². The van der Waals surface area contributed by atoms with Crippen molar-refractivity contribution in [1.29, 1.82) is 0 Å². The lowest BCUT2D eigenvalue weighted by Crippen LogP contribution is -1.93. The summed E-state index contributed by atoms with van der Waals surface area (Å²) in [4.78, 5) is 33.2. The van der Waals surface area contributed by atoms with Gasteiger partial charge >= 0.3 is 23.5 Å². The van der Waals surface area contributed by atoms with E-state index >= 15 is 0 Å². The average Bonchev–Trinajstić information content (AvgIpc) is 1.78. The Kier molecular flexibility index (Phi) is 6.66. The van der Waals surface area contributed by atoms with Crippen LogP contribution in [0, 0.1) is 0 Å². The topological polar surface area (TPSA) is 191 Å². The second kappa shape index (κ2) is 5.62. The van der Waals surface area contributed by atoms with E-state index in [1.807, 2.05) is 0 Å². The molecule has 0 aliphatic heterocycles. The Bertz CT molecular complexity index is 325. The maximum atomic E-state index is 10.6. The molecule has 0 amide bonds. The van der Waals surface area contributed by atoms with Crippen LogP contribution in [0.25, 0.3) is 0 Å². The summed E-state index contributed by atoms with van der Waals surface area (Å²) in [6.07, 6.45) is 0. The Hall–Kier alpha value is 0.370. The highest BCUT2D eigenvalue weighted by Gasteiger charge is 2.39. The van der Waals surface area contributed by atoms with E-state index in [0.717, 1.165) is 0 Å². The minimum atomic E-state index is -5.35. The first-order valence-electron chi connectivity index (χ1n) is 2.67. The lowest BCUT2D eigenvalue weighted by Gasteiger charge is -2.14. The summed E-state index contributed by atoms with van der Waals surface area (Å²) in [7, 11) is -14.8. The molecule has 0 rings (SSSR count). The first-order chi connectivity index (χ1) is 5.97. The summed E-state index contributed by atoms with van der Waals surface area (Å²) >= 11 is 0. The van der Waals surface area contributed by atoms with Crippen molar-refractivity contribution in [2.75, 3.05) is 7.11 Å². The highest BCUT2D eigenvalue weighted by atomic mass is 31.3. The van der Waals surface area contributed by atoms with Gasteiger partial charge in [-0.25, -0.2) is 13.7 Å². The van der Waals surface area contributed by atoms with Crippen molar-refractivity contribution < 1.29 is 51.9 Å². The van der Waals surface area contributed by atoms with Gasteiger partial charge in [-0.3, -0.25) is 4.52 Å². The molecule has 0 bridgehead atoms. The molecule has 0 aromatic rings. The van der Waals surface area contributed by atoms with E-state index in [9.17, 15) is 13.7 Å². The van der Waals surface area contributed by atoms with Gasteiger partial charge < -0.3 is 25.0 Å². The van der Waals surface area contributed by atoms with Crippen LogP contribution in [0.4, 0.5) is 0 Å². The van der Waals surface area contributed by atoms with E-state index in [0.29, 0.717) is 7.11 Å². The van der Waals surface area contributed by atoms with E-state index in [-0.39, 0.29) is 5.48 Å². The number of phosphoric acid groups is 3. The van der Waals surface area contributed by atoms with Crippen LogP contribution in [-0.2, 0) is 26.8 Å². The van der Waals surface area contributed by atoms with E-state index < -0.39 is 23.5 Å². The van der Waals surface area contributed by atoms with Crippen LogP contribution in [0.2, 0.25) is 0 Å². The lowest BCUT2D eigenvalue weighted by atomic mass is 11.8. The lowest BCUT2D eigenvalue weighted by molar-refractivity contribution is 0.191. The summed E-state index contributed by atoms with van der Waals surface area (Å²) in [5.74, 6) is 0. The smallest absolute Gasteiger partial charge is 0.412 e. The quantitative estimate of drug-likeness (QED) is 0.462. The van der Waals surface area contributed by atoms with Gasteiger partial charge in [0.1, 0.15) is 0 Å². The maximum absolute atomic E-state index is 10.6. The van der Waals surface area contributed by atoms with E-state index in [4.69, 9.17) is 19.6 Å². The number of phosphoric ester groups is 1. The van der Waals surface area contributed by atoms with Crippen molar-refractivity contribution in [2.24, 2.45) is 0 Å². The van der Waals surface area contributed by atoms with Crippen molar-refractivity contribution in [3.63, 3.8) is 0 Å². The fourth-order valence-electron chi connectivity index (χ4n) is 0.313. The number of hydrogen-bond donors (Lipinski definition) is 4. The van der Waals surface area contributed by atoms with Crippen LogP contribution in [0.1, 0.15) is 0 Å². The molecule has 0 aromatic carbocycles. The van der Waals surface area contributed by atoms with Crippen molar-refractivity contribution in [2.45, 2.75) is 0 Å². The molecular weight excluding hydrogens is 281 g/mol. The molecule has 0 spiro atoms. The Balaban J connectivity index is 0. The van der Waals surface area contributed by atoms with Crippen molar-refractivity contribution >= 4 is 23.5 Å². The Morgan fingerprint density at radius 3 is 1.53 bits per heavy atom. The third-order valence-corrected chi connectivity index (χ3v) is 4.44. The highest BCUT2D eigenvalue weighted by Crippen LogP contribution is 2.65. The molecule has 2 unspecified atom stereocenters. The van der Waals surface area contributed by atoms with Gasteiger partial charge in [0.25, 0.3) is 0 Å². The zero-order valence-electron chi connectivity index (χ0n) is 7.08. The van der Waals surface area contributed by atoms with Crippen LogP contribution in [0.15, 0.2) is 0 Å². The summed E-state index contributed by atoms with van der Waals surface area (Å²) in [6, 6.07) is 0. The Morgan fingerprint density at radius 2 is 1.27 bits per heavy atom. The molecule has 0 fully saturated rings. The molecule has 0 aliphatic rings. The van der Waals surface area contributed by atoms with Gasteiger partial charge in [0, 0.05) is 7.11 Å². The van der Waals surface area contributed by atoms with E-state index in [1.54, 1.807) is 0 Å². The normalized spacial score (nSPS) is 19.8. The van der Waals surface area contributed by atoms with E-state index in [1.165, 1.54) is 0 Å². The molecule has 2 atom stereocenters. The largest absolute Gasteiger partial charge is 0.490 e. The van der Waals surface area contributed by atoms with Crippen LogP contribution >= 0.6 is 23.5 Å². The van der Waals surface area contributed by atoms with Gasteiger partial charge in [-0.05, 0) is 0 Å². The maximum Gasteiger partial charge on any atom is 0.490 e. The summed E-state index contributed by atoms with van der Waals surface area (Å²) in [5.41, 5.74) is 0. The highest BCUT2D eigenvalue weighted by molar-refractivity contribution is 7.66. The SMILES string of the molecule is COP(=O)(O)OP(=O)(O)OP(=O)(O)O.O. The molecule has 14 heteroatoms. The molecule has 6 N–H and O–H groups in total. The monoisotopic (exact) mass is 290 g/mol. The predicted octanol–water partition coefficient (Wildman–Crippen LogP) is -0.865. The molecule has 94 valence electrons. The molecule has 0 heterocycles. The summed E-state index contributed by atoms with van der Waals surface area (Å²) in [5, 5.41) is 0. The summed E-state index contributed by atoms with van der Waals surface area (Å²) < 4.78 is 41.6. The van der Waals surface area contributed by atoms with E-state index in [2.05, 4.69) is 13.1 Å². The fourth-order valence-corrected chi connectivity index (χ4v) is 3.09. The van der Waals surface area contributed by atoms with Crippen molar-refractivity contribution in [3.05, 3.63) is 0 Å². The molecule has 11 nitrogen and oxygen atoms in total.